The summed E-state index contributed by atoms with van der Waals surface area (Å²) in [4.78, 5) is 35.5. The fourth-order valence-electron chi connectivity index (χ4n) is 2.84. The van der Waals surface area contributed by atoms with Crippen LogP contribution in [0.1, 0.15) is 18.4 Å². The minimum atomic E-state index is -0.851. The monoisotopic (exact) mass is 502 g/mol. The number of nitrogens with zero attached hydrogens (tertiary/aromatic N) is 1. The smallest absolute Gasteiger partial charge is 0.329 e. The summed E-state index contributed by atoms with van der Waals surface area (Å²) in [6.45, 7) is 0.846. The van der Waals surface area contributed by atoms with Crippen molar-refractivity contribution in [3.05, 3.63) is 58.6 Å². The summed E-state index contributed by atoms with van der Waals surface area (Å²) < 4.78 is 11.8. The molecule has 0 radical (unpaired) electrons. The third-order valence-corrected chi connectivity index (χ3v) is 5.01. The van der Waals surface area contributed by atoms with Gasteiger partial charge in [-0.05, 0) is 66.9 Å². The summed E-state index contributed by atoms with van der Waals surface area (Å²) in [5.41, 5.74) is 3.53. The maximum Gasteiger partial charge on any atom is 0.329 e. The molecule has 1 fully saturated rings. The van der Waals surface area contributed by atoms with E-state index in [9.17, 15) is 14.4 Å². The topological polar surface area (TPSA) is 118 Å². The van der Waals surface area contributed by atoms with Crippen molar-refractivity contribution in [2.24, 2.45) is 5.10 Å². The maximum absolute atomic E-state index is 12.0. The van der Waals surface area contributed by atoms with Gasteiger partial charge in [0.15, 0.2) is 6.61 Å². The molecular formula is C22H23BrN4O5. The predicted octanol–water partition coefficient (Wildman–Crippen LogP) is 2.21. The van der Waals surface area contributed by atoms with E-state index in [4.69, 9.17) is 9.47 Å². The zero-order chi connectivity index (χ0) is 22.8. The molecule has 1 saturated heterocycles. The number of rotatable bonds is 8. The Kier molecular flexibility index (Phi) is 8.76. The van der Waals surface area contributed by atoms with Crippen LogP contribution in [-0.4, -0.2) is 49.8 Å². The van der Waals surface area contributed by atoms with Gasteiger partial charge in [-0.3, -0.25) is 14.4 Å². The Bertz CT molecular complexity index is 957. The number of ether oxygens (including phenoxy) is 2. The Hall–Kier alpha value is -3.24. The minimum Gasteiger partial charge on any atom is -0.484 e. The standard InChI is InChI=1S/C22H23BrN4O5/c23-16-5-7-17(8-6-16)26-20(28)14-32-18-9-3-15(4-10-18)12-25-27-22(30)21(29)24-13-19-2-1-11-31-19/h3-10,12,19H,1-2,11,13-14H2,(H,24,29)(H,26,28)(H,27,30)/b25-12-/t19-/m1/s1. The van der Waals surface area contributed by atoms with Crippen molar-refractivity contribution >= 4 is 45.6 Å². The first-order chi connectivity index (χ1) is 15.5. The predicted molar refractivity (Wildman–Crippen MR) is 122 cm³/mol. The molecule has 32 heavy (non-hydrogen) atoms. The van der Waals surface area contributed by atoms with Crippen LogP contribution in [0.2, 0.25) is 0 Å². The lowest BCUT2D eigenvalue weighted by Gasteiger charge is -2.09. The van der Waals surface area contributed by atoms with Crippen LogP contribution in [0.15, 0.2) is 58.1 Å². The van der Waals surface area contributed by atoms with E-state index in [1.54, 1.807) is 36.4 Å². The van der Waals surface area contributed by atoms with Crippen LogP contribution in [-0.2, 0) is 19.1 Å². The molecule has 1 aliphatic rings. The van der Waals surface area contributed by atoms with E-state index in [1.807, 2.05) is 12.1 Å². The molecule has 2 aromatic carbocycles. The van der Waals surface area contributed by atoms with Gasteiger partial charge in [-0.15, -0.1) is 0 Å². The van der Waals surface area contributed by atoms with Crippen molar-refractivity contribution in [2.75, 3.05) is 25.1 Å². The summed E-state index contributed by atoms with van der Waals surface area (Å²) in [5.74, 6) is -1.39. The first kappa shape index (κ1) is 23.4. The molecule has 1 aliphatic heterocycles. The van der Waals surface area contributed by atoms with Crippen LogP contribution < -0.4 is 20.8 Å². The van der Waals surface area contributed by atoms with Gasteiger partial charge >= 0.3 is 11.8 Å². The molecule has 3 amide bonds. The second kappa shape index (κ2) is 12.0. The van der Waals surface area contributed by atoms with Crippen LogP contribution >= 0.6 is 15.9 Å². The first-order valence-electron chi connectivity index (χ1n) is 10.0. The van der Waals surface area contributed by atoms with Crippen LogP contribution in [0, 0.1) is 0 Å². The number of carbonyl (C=O) groups excluding carboxylic acids is 3. The fourth-order valence-corrected chi connectivity index (χ4v) is 3.10. The zero-order valence-electron chi connectivity index (χ0n) is 17.2. The highest BCUT2D eigenvalue weighted by atomic mass is 79.9. The quantitative estimate of drug-likeness (QED) is 0.290. The summed E-state index contributed by atoms with van der Waals surface area (Å²) in [5, 5.41) is 9.03. The number of anilines is 1. The molecular weight excluding hydrogens is 480 g/mol. The molecule has 0 unspecified atom stereocenters. The van der Waals surface area contributed by atoms with Crippen LogP contribution in [0.25, 0.3) is 0 Å². The first-order valence-corrected chi connectivity index (χ1v) is 10.8. The molecule has 0 saturated carbocycles. The Morgan fingerprint density at radius 3 is 2.53 bits per heavy atom. The van der Waals surface area contributed by atoms with Crippen LogP contribution in [0.5, 0.6) is 5.75 Å². The van der Waals surface area contributed by atoms with Gasteiger partial charge in [0, 0.05) is 23.3 Å². The molecule has 1 heterocycles. The van der Waals surface area contributed by atoms with Crippen LogP contribution in [0.3, 0.4) is 0 Å². The van der Waals surface area contributed by atoms with Gasteiger partial charge in [0.1, 0.15) is 5.75 Å². The van der Waals surface area contributed by atoms with E-state index in [0.29, 0.717) is 30.2 Å². The number of halogens is 1. The second-order valence-corrected chi connectivity index (χ2v) is 7.87. The normalized spacial score (nSPS) is 15.3. The van der Waals surface area contributed by atoms with Crippen molar-refractivity contribution in [1.29, 1.82) is 0 Å². The molecule has 0 aromatic heterocycles. The van der Waals surface area contributed by atoms with Gasteiger partial charge < -0.3 is 20.1 Å². The van der Waals surface area contributed by atoms with E-state index in [0.717, 1.165) is 17.3 Å². The number of nitrogens with one attached hydrogen (secondary N) is 3. The molecule has 0 spiro atoms. The fraction of sp³-hybridized carbons (Fsp3) is 0.273. The lowest BCUT2D eigenvalue weighted by Crippen LogP contribution is -2.41. The Morgan fingerprint density at radius 1 is 1.09 bits per heavy atom. The third kappa shape index (κ3) is 7.78. The lowest BCUT2D eigenvalue weighted by molar-refractivity contribution is -0.139. The van der Waals surface area contributed by atoms with Crippen molar-refractivity contribution in [2.45, 2.75) is 18.9 Å². The van der Waals surface area contributed by atoms with Crippen molar-refractivity contribution < 1.29 is 23.9 Å². The van der Waals surface area contributed by atoms with E-state index in [2.05, 4.69) is 37.1 Å². The number of carbonyl (C=O) groups is 3. The zero-order valence-corrected chi connectivity index (χ0v) is 18.8. The Labute approximate surface area is 193 Å². The Balaban J connectivity index is 1.37. The van der Waals surface area contributed by atoms with E-state index in [-0.39, 0.29) is 18.6 Å². The van der Waals surface area contributed by atoms with Gasteiger partial charge in [0.25, 0.3) is 5.91 Å². The van der Waals surface area contributed by atoms with Crippen molar-refractivity contribution in [3.8, 4) is 5.75 Å². The number of hydrogen-bond donors (Lipinski definition) is 3. The number of amides is 3. The lowest BCUT2D eigenvalue weighted by atomic mass is 10.2. The second-order valence-electron chi connectivity index (χ2n) is 6.96. The molecule has 9 nitrogen and oxygen atoms in total. The van der Waals surface area contributed by atoms with Crippen molar-refractivity contribution in [3.63, 3.8) is 0 Å². The van der Waals surface area contributed by atoms with Crippen LogP contribution in [0.4, 0.5) is 5.69 Å². The maximum atomic E-state index is 12.0. The molecule has 2 aromatic rings. The molecule has 3 rings (SSSR count). The number of hydrogen-bond acceptors (Lipinski definition) is 6. The third-order valence-electron chi connectivity index (χ3n) is 4.48. The summed E-state index contributed by atoms with van der Waals surface area (Å²) in [7, 11) is 0. The average Bonchev–Trinajstić information content (AvgIpc) is 3.32. The van der Waals surface area contributed by atoms with Gasteiger partial charge in [-0.2, -0.15) is 5.10 Å². The van der Waals surface area contributed by atoms with Gasteiger partial charge in [-0.1, -0.05) is 15.9 Å². The highest BCUT2D eigenvalue weighted by Crippen LogP contribution is 2.15. The highest BCUT2D eigenvalue weighted by molar-refractivity contribution is 9.10. The number of benzene rings is 2. The van der Waals surface area contributed by atoms with Gasteiger partial charge in [0.2, 0.25) is 0 Å². The minimum absolute atomic E-state index is 0.0390. The Morgan fingerprint density at radius 2 is 1.84 bits per heavy atom. The molecule has 168 valence electrons. The molecule has 0 aliphatic carbocycles. The van der Waals surface area contributed by atoms with Gasteiger partial charge in [-0.25, -0.2) is 5.43 Å². The van der Waals surface area contributed by atoms with E-state index < -0.39 is 11.8 Å². The largest absolute Gasteiger partial charge is 0.484 e. The molecule has 10 heteroatoms. The molecule has 3 N–H and O–H groups in total. The summed E-state index contributed by atoms with van der Waals surface area (Å²) in [6, 6.07) is 14.0. The summed E-state index contributed by atoms with van der Waals surface area (Å²) >= 11 is 3.34. The van der Waals surface area contributed by atoms with Crippen molar-refractivity contribution in [1.82, 2.24) is 10.7 Å². The average molecular weight is 503 g/mol. The molecule has 1 atom stereocenters. The number of hydrazone groups is 1. The SMILES string of the molecule is O=C(COc1ccc(/C=N\NC(=O)C(=O)NC[C@H]2CCCO2)cc1)Nc1ccc(Br)cc1. The summed E-state index contributed by atoms with van der Waals surface area (Å²) in [6.07, 6.45) is 3.19. The highest BCUT2D eigenvalue weighted by Gasteiger charge is 2.18. The van der Waals surface area contributed by atoms with E-state index in [1.165, 1.54) is 6.21 Å². The van der Waals surface area contributed by atoms with E-state index >= 15 is 0 Å². The molecule has 0 bridgehead atoms. The van der Waals surface area contributed by atoms with Gasteiger partial charge in [0.05, 0.1) is 12.3 Å².